The summed E-state index contributed by atoms with van der Waals surface area (Å²) in [6.07, 6.45) is 0.376. The lowest BCUT2D eigenvalue weighted by atomic mass is 10.0. The van der Waals surface area contributed by atoms with Gasteiger partial charge in [0.05, 0.1) is 18.0 Å². The van der Waals surface area contributed by atoms with Crippen molar-refractivity contribution in [1.82, 2.24) is 19.5 Å². The summed E-state index contributed by atoms with van der Waals surface area (Å²) in [7, 11) is 1.62. The van der Waals surface area contributed by atoms with E-state index in [0.29, 0.717) is 37.5 Å². The van der Waals surface area contributed by atoms with E-state index in [1.165, 1.54) is 10.6 Å². The fourth-order valence-electron chi connectivity index (χ4n) is 3.65. The number of methoxy groups -OCH3 is 1. The number of carbonyl (C=O) groups excluding carboxylic acids is 1. The van der Waals surface area contributed by atoms with Crippen LogP contribution in [0.3, 0.4) is 0 Å². The van der Waals surface area contributed by atoms with Gasteiger partial charge in [-0.3, -0.25) is 14.7 Å². The summed E-state index contributed by atoms with van der Waals surface area (Å²) in [6, 6.07) is 11.4. The van der Waals surface area contributed by atoms with Crippen molar-refractivity contribution >= 4 is 11.6 Å². The number of amides is 1. The molecule has 1 atom stereocenters. The Bertz CT molecular complexity index is 1040. The Morgan fingerprint density at radius 3 is 2.78 bits per heavy atom. The van der Waals surface area contributed by atoms with E-state index in [4.69, 9.17) is 9.72 Å². The Morgan fingerprint density at radius 2 is 2.04 bits per heavy atom. The molecule has 27 heavy (non-hydrogen) atoms. The summed E-state index contributed by atoms with van der Waals surface area (Å²) < 4.78 is 6.54. The minimum absolute atomic E-state index is 0.0680. The number of benzene rings is 1. The quantitative estimate of drug-likeness (QED) is 0.749. The normalized spacial score (nSPS) is 17.2. The van der Waals surface area contributed by atoms with Gasteiger partial charge in [-0.1, -0.05) is 30.3 Å². The summed E-state index contributed by atoms with van der Waals surface area (Å²) in [5, 5.41) is 3.16. The molecule has 3 aromatic rings. The van der Waals surface area contributed by atoms with Gasteiger partial charge in [-0.25, -0.2) is 9.50 Å². The van der Waals surface area contributed by atoms with E-state index in [2.05, 4.69) is 5.10 Å². The molecule has 7 nitrogen and oxygen atoms in total. The lowest BCUT2D eigenvalue weighted by Crippen LogP contribution is -2.28. The standard InChI is InChI=1S/C20H22N4O3/c1-13-19(14-6-4-3-5-7-14)22-24-18(26)11-16(21-20(13)24)15-10-17(25)23(12-15)8-9-27-2/h3-7,11,15,22H,8-10,12H2,1-2H3/t15-/m1/s1. The van der Waals surface area contributed by atoms with Gasteiger partial charge in [0.1, 0.15) is 0 Å². The second kappa shape index (κ2) is 7.00. The van der Waals surface area contributed by atoms with Crippen LogP contribution in [0.4, 0.5) is 0 Å². The fraction of sp³-hybridized carbons (Fsp3) is 0.350. The first kappa shape index (κ1) is 17.5. The molecule has 2 aromatic heterocycles. The molecule has 0 unspecified atom stereocenters. The maximum Gasteiger partial charge on any atom is 0.272 e. The number of nitrogens with one attached hydrogen (secondary N) is 1. The van der Waals surface area contributed by atoms with Crippen LogP contribution in [-0.2, 0) is 9.53 Å². The molecule has 0 aliphatic carbocycles. The van der Waals surface area contributed by atoms with Gasteiger partial charge in [-0.15, -0.1) is 0 Å². The third-order valence-corrected chi connectivity index (χ3v) is 5.13. The fourth-order valence-corrected chi connectivity index (χ4v) is 3.65. The van der Waals surface area contributed by atoms with Gasteiger partial charge < -0.3 is 9.64 Å². The van der Waals surface area contributed by atoms with Gasteiger partial charge in [-0.2, -0.15) is 0 Å². The number of fused-ring (bicyclic) bond motifs is 1. The Labute approximate surface area is 156 Å². The molecule has 0 bridgehead atoms. The monoisotopic (exact) mass is 366 g/mol. The predicted octanol–water partition coefficient (Wildman–Crippen LogP) is 1.96. The lowest BCUT2D eigenvalue weighted by molar-refractivity contribution is -0.128. The van der Waals surface area contributed by atoms with Crippen LogP contribution in [0.5, 0.6) is 0 Å². The van der Waals surface area contributed by atoms with Crippen LogP contribution in [0.15, 0.2) is 41.2 Å². The van der Waals surface area contributed by atoms with Crippen molar-refractivity contribution < 1.29 is 9.53 Å². The van der Waals surface area contributed by atoms with Crippen LogP contribution in [0, 0.1) is 6.92 Å². The van der Waals surface area contributed by atoms with Gasteiger partial charge in [-0.05, 0) is 12.5 Å². The van der Waals surface area contributed by atoms with Gasteiger partial charge >= 0.3 is 0 Å². The van der Waals surface area contributed by atoms with Crippen LogP contribution in [0.25, 0.3) is 16.9 Å². The first-order chi connectivity index (χ1) is 13.1. The number of hydrogen-bond donors (Lipinski definition) is 1. The molecule has 4 rings (SSSR count). The SMILES string of the molecule is COCCN1C[C@H](c2cc(=O)n3[nH]c(-c4ccccc4)c(C)c3n2)CC1=O. The molecule has 0 saturated carbocycles. The van der Waals surface area contributed by atoms with Crippen LogP contribution >= 0.6 is 0 Å². The third-order valence-electron chi connectivity index (χ3n) is 5.13. The zero-order valence-electron chi connectivity index (χ0n) is 15.4. The molecular weight excluding hydrogens is 344 g/mol. The van der Waals surface area contributed by atoms with E-state index in [0.717, 1.165) is 16.8 Å². The number of carbonyl (C=O) groups is 1. The Balaban J connectivity index is 1.71. The lowest BCUT2D eigenvalue weighted by Gasteiger charge is -2.15. The molecule has 1 saturated heterocycles. The number of aryl methyl sites for hydroxylation is 1. The van der Waals surface area contributed by atoms with Gasteiger partial charge in [0.25, 0.3) is 5.56 Å². The minimum Gasteiger partial charge on any atom is -0.383 e. The molecule has 1 aliphatic heterocycles. The van der Waals surface area contributed by atoms with E-state index in [1.807, 2.05) is 37.3 Å². The Morgan fingerprint density at radius 1 is 1.26 bits per heavy atom. The van der Waals surface area contributed by atoms with Gasteiger partial charge in [0, 0.05) is 44.2 Å². The summed E-state index contributed by atoms with van der Waals surface area (Å²) in [6.45, 7) is 3.59. The number of rotatable bonds is 5. The van der Waals surface area contributed by atoms with Crippen molar-refractivity contribution in [2.24, 2.45) is 0 Å². The number of ether oxygens (including phenoxy) is 1. The Hall–Kier alpha value is -2.93. The van der Waals surface area contributed by atoms with E-state index in [1.54, 1.807) is 12.0 Å². The molecule has 1 aromatic carbocycles. The number of likely N-dealkylation sites (tertiary alicyclic amines) is 1. The van der Waals surface area contributed by atoms with Gasteiger partial charge in [0.2, 0.25) is 5.91 Å². The second-order valence-electron chi connectivity index (χ2n) is 6.89. The highest BCUT2D eigenvalue weighted by atomic mass is 16.5. The summed E-state index contributed by atoms with van der Waals surface area (Å²) in [5.41, 5.74) is 3.92. The number of H-pyrrole nitrogens is 1. The van der Waals surface area contributed by atoms with Gasteiger partial charge in [0.15, 0.2) is 5.65 Å². The second-order valence-corrected chi connectivity index (χ2v) is 6.89. The molecule has 7 heteroatoms. The zero-order valence-corrected chi connectivity index (χ0v) is 15.4. The van der Waals surface area contributed by atoms with Crippen LogP contribution in [0.2, 0.25) is 0 Å². The summed E-state index contributed by atoms with van der Waals surface area (Å²) in [5.74, 6) is 0.0105. The first-order valence-electron chi connectivity index (χ1n) is 9.03. The van der Waals surface area contributed by atoms with Crippen molar-refractivity contribution in [2.45, 2.75) is 19.3 Å². The smallest absolute Gasteiger partial charge is 0.272 e. The maximum atomic E-state index is 12.7. The number of hydrogen-bond acceptors (Lipinski definition) is 4. The van der Waals surface area contributed by atoms with Crippen molar-refractivity contribution in [2.75, 3.05) is 26.8 Å². The molecule has 1 amide bonds. The first-order valence-corrected chi connectivity index (χ1v) is 9.03. The molecular formula is C20H22N4O3. The molecule has 0 spiro atoms. The largest absolute Gasteiger partial charge is 0.383 e. The molecule has 1 fully saturated rings. The van der Waals surface area contributed by atoms with Crippen molar-refractivity contribution in [3.8, 4) is 11.3 Å². The summed E-state index contributed by atoms with van der Waals surface area (Å²) in [4.78, 5) is 31.4. The van der Waals surface area contributed by atoms with Crippen LogP contribution in [0.1, 0.15) is 23.6 Å². The highest BCUT2D eigenvalue weighted by Gasteiger charge is 2.32. The van der Waals surface area contributed by atoms with Crippen LogP contribution in [-0.4, -0.2) is 52.2 Å². The highest BCUT2D eigenvalue weighted by molar-refractivity contribution is 5.79. The number of aromatic nitrogens is 3. The van der Waals surface area contributed by atoms with Crippen molar-refractivity contribution in [3.63, 3.8) is 0 Å². The van der Waals surface area contributed by atoms with E-state index >= 15 is 0 Å². The summed E-state index contributed by atoms with van der Waals surface area (Å²) >= 11 is 0. The van der Waals surface area contributed by atoms with E-state index < -0.39 is 0 Å². The van der Waals surface area contributed by atoms with E-state index in [-0.39, 0.29) is 17.4 Å². The zero-order chi connectivity index (χ0) is 19.0. The topological polar surface area (TPSA) is 79.7 Å². The van der Waals surface area contributed by atoms with Crippen molar-refractivity contribution in [1.29, 1.82) is 0 Å². The predicted molar refractivity (Wildman–Crippen MR) is 102 cm³/mol. The van der Waals surface area contributed by atoms with Crippen molar-refractivity contribution in [3.05, 3.63) is 58.0 Å². The van der Waals surface area contributed by atoms with E-state index in [9.17, 15) is 9.59 Å². The average molecular weight is 366 g/mol. The molecule has 3 heterocycles. The molecule has 1 N–H and O–H groups in total. The molecule has 0 radical (unpaired) electrons. The minimum atomic E-state index is -0.164. The molecule has 140 valence electrons. The Kier molecular flexibility index (Phi) is 4.53. The molecule has 1 aliphatic rings. The third kappa shape index (κ3) is 3.14. The highest BCUT2D eigenvalue weighted by Crippen LogP contribution is 2.28. The average Bonchev–Trinajstić information content (AvgIpc) is 3.21. The number of nitrogens with zero attached hydrogens (tertiary/aromatic N) is 3. The van der Waals surface area contributed by atoms with Crippen LogP contribution < -0.4 is 5.56 Å². The number of aromatic amines is 1. The maximum absolute atomic E-state index is 12.7.